The fourth-order valence-corrected chi connectivity index (χ4v) is 4.26. The normalized spacial score (nSPS) is 14.5. The van der Waals surface area contributed by atoms with Gasteiger partial charge in [-0.05, 0) is 31.5 Å². The summed E-state index contributed by atoms with van der Waals surface area (Å²) < 4.78 is 5.36. The minimum absolute atomic E-state index is 0.0509. The maximum atomic E-state index is 12.8. The van der Waals surface area contributed by atoms with Crippen LogP contribution < -0.4 is 4.90 Å². The molecule has 0 spiro atoms. The molecule has 0 bridgehead atoms. The monoisotopic (exact) mass is 442 g/mol. The molecule has 1 aromatic heterocycles. The van der Waals surface area contributed by atoms with E-state index in [1.165, 1.54) is 0 Å². The summed E-state index contributed by atoms with van der Waals surface area (Å²) in [4.78, 5) is 26.6. The minimum atomic E-state index is -0.0509. The second-order valence-electron chi connectivity index (χ2n) is 8.71. The highest BCUT2D eigenvalue weighted by molar-refractivity contribution is 7.98. The average molecular weight is 443 g/mol. The van der Waals surface area contributed by atoms with Crippen LogP contribution in [-0.4, -0.2) is 60.2 Å². The van der Waals surface area contributed by atoms with Crippen LogP contribution in [0.1, 0.15) is 56.2 Å². The van der Waals surface area contributed by atoms with Gasteiger partial charge < -0.3 is 14.5 Å². The Kier molecular flexibility index (Phi) is 7.94. The van der Waals surface area contributed by atoms with Crippen molar-refractivity contribution in [2.45, 2.75) is 50.9 Å². The molecule has 0 N–H and O–H groups in total. The Morgan fingerprint density at radius 3 is 2.48 bits per heavy atom. The molecule has 0 aliphatic carbocycles. The van der Waals surface area contributed by atoms with Gasteiger partial charge in [0.2, 0.25) is 0 Å². The number of carbonyl (C=O) groups is 1. The molecule has 0 atom stereocenters. The smallest absolute Gasteiger partial charge is 0.254 e. The number of hydrogen-bond donors (Lipinski definition) is 0. The number of nitrogens with zero attached hydrogens (tertiary/aromatic N) is 4. The van der Waals surface area contributed by atoms with Gasteiger partial charge in [-0.2, -0.15) is 0 Å². The molecule has 1 fully saturated rings. The zero-order chi connectivity index (χ0) is 22.4. The third-order valence-corrected chi connectivity index (χ3v) is 6.31. The molecular weight excluding hydrogens is 408 g/mol. The molecule has 168 valence electrons. The van der Waals surface area contributed by atoms with Crippen molar-refractivity contribution in [1.82, 2.24) is 14.9 Å². The second-order valence-corrected chi connectivity index (χ2v) is 9.65. The Morgan fingerprint density at radius 2 is 1.84 bits per heavy atom. The van der Waals surface area contributed by atoms with Gasteiger partial charge in [-0.1, -0.05) is 44.7 Å². The first kappa shape index (κ1) is 23.5. The predicted molar refractivity (Wildman–Crippen MR) is 127 cm³/mol. The van der Waals surface area contributed by atoms with Crippen molar-refractivity contribution in [2.24, 2.45) is 0 Å². The molecule has 0 saturated carbocycles. The third kappa shape index (κ3) is 6.20. The van der Waals surface area contributed by atoms with E-state index in [1.54, 1.807) is 11.8 Å². The predicted octanol–water partition coefficient (Wildman–Crippen LogP) is 4.39. The average Bonchev–Trinajstić information content (AvgIpc) is 2.78. The summed E-state index contributed by atoms with van der Waals surface area (Å²) in [6.07, 6.45) is 0. The van der Waals surface area contributed by atoms with Crippen LogP contribution >= 0.6 is 11.8 Å². The van der Waals surface area contributed by atoms with Crippen LogP contribution in [0.2, 0.25) is 0 Å². The quantitative estimate of drug-likeness (QED) is 0.468. The molecular formula is C24H34N4O2S. The summed E-state index contributed by atoms with van der Waals surface area (Å²) in [7, 11) is 0. The molecule has 1 aromatic carbocycles. The van der Waals surface area contributed by atoms with Gasteiger partial charge in [0.15, 0.2) is 5.16 Å². The van der Waals surface area contributed by atoms with E-state index in [4.69, 9.17) is 14.7 Å². The summed E-state index contributed by atoms with van der Waals surface area (Å²) in [6.45, 7) is 15.2. The van der Waals surface area contributed by atoms with Crippen molar-refractivity contribution >= 4 is 23.5 Å². The number of benzene rings is 1. The van der Waals surface area contributed by atoms with E-state index < -0.39 is 0 Å². The molecule has 3 rings (SSSR count). The molecule has 1 aliphatic heterocycles. The minimum Gasteiger partial charge on any atom is -0.378 e. The molecule has 31 heavy (non-hydrogen) atoms. The summed E-state index contributed by atoms with van der Waals surface area (Å²) >= 11 is 1.62. The molecule has 1 amide bonds. The summed E-state index contributed by atoms with van der Waals surface area (Å²) in [6, 6.07) is 10.0. The van der Waals surface area contributed by atoms with Gasteiger partial charge in [-0.15, -0.1) is 0 Å². The number of morpholine rings is 1. The van der Waals surface area contributed by atoms with Gasteiger partial charge in [-0.25, -0.2) is 9.97 Å². The second kappa shape index (κ2) is 10.5. The van der Waals surface area contributed by atoms with Gasteiger partial charge >= 0.3 is 0 Å². The Labute approximate surface area is 190 Å². The number of ether oxygens (including phenoxy) is 1. The van der Waals surface area contributed by atoms with Gasteiger partial charge in [0.05, 0.1) is 18.9 Å². The van der Waals surface area contributed by atoms with Crippen molar-refractivity contribution in [2.75, 3.05) is 44.3 Å². The van der Waals surface area contributed by atoms with Crippen molar-refractivity contribution < 1.29 is 9.53 Å². The third-order valence-electron chi connectivity index (χ3n) is 5.39. The van der Waals surface area contributed by atoms with Crippen LogP contribution in [-0.2, 0) is 15.9 Å². The molecule has 1 saturated heterocycles. The molecule has 0 radical (unpaired) electrons. The van der Waals surface area contributed by atoms with E-state index >= 15 is 0 Å². The zero-order valence-corrected chi connectivity index (χ0v) is 20.2. The lowest BCUT2D eigenvalue weighted by molar-refractivity contribution is 0.0303. The standard InChI is InChI=1S/C24H34N4O2S/c1-6-27(7-2)21-16-20(24(3,4)5)25-23(26-21)31-17-18-9-8-10-19(15-18)22(29)28-11-13-30-14-12-28/h8-10,15-16H,6-7,11-14,17H2,1-5H3. The maximum absolute atomic E-state index is 12.8. The van der Waals surface area contributed by atoms with E-state index in [0.29, 0.717) is 26.3 Å². The van der Waals surface area contributed by atoms with Gasteiger partial charge in [0, 0.05) is 49.0 Å². The number of aromatic nitrogens is 2. The van der Waals surface area contributed by atoms with E-state index in [9.17, 15) is 4.79 Å². The Balaban J connectivity index is 1.77. The number of anilines is 1. The first-order chi connectivity index (χ1) is 14.8. The fourth-order valence-electron chi connectivity index (χ4n) is 3.46. The van der Waals surface area contributed by atoms with Crippen LogP contribution in [0.4, 0.5) is 5.82 Å². The van der Waals surface area contributed by atoms with Crippen molar-refractivity contribution in [3.05, 3.63) is 47.2 Å². The van der Waals surface area contributed by atoms with Crippen LogP contribution in [0.25, 0.3) is 0 Å². The van der Waals surface area contributed by atoms with Crippen LogP contribution in [0, 0.1) is 0 Å². The molecule has 1 aliphatic rings. The maximum Gasteiger partial charge on any atom is 0.254 e. The topological polar surface area (TPSA) is 58.6 Å². The van der Waals surface area contributed by atoms with E-state index in [1.807, 2.05) is 23.1 Å². The first-order valence-corrected chi connectivity index (χ1v) is 12.0. The van der Waals surface area contributed by atoms with E-state index in [0.717, 1.165) is 46.6 Å². The highest BCUT2D eigenvalue weighted by atomic mass is 32.2. The molecule has 7 heteroatoms. The largest absolute Gasteiger partial charge is 0.378 e. The van der Waals surface area contributed by atoms with Gasteiger partial charge in [0.1, 0.15) is 5.82 Å². The van der Waals surface area contributed by atoms with Crippen molar-refractivity contribution in [3.8, 4) is 0 Å². The summed E-state index contributed by atoms with van der Waals surface area (Å²) in [5.41, 5.74) is 2.82. The SMILES string of the molecule is CCN(CC)c1cc(C(C)(C)C)nc(SCc2cccc(C(=O)N3CCOCC3)c2)n1. The molecule has 2 heterocycles. The van der Waals surface area contributed by atoms with Crippen LogP contribution in [0.15, 0.2) is 35.5 Å². The number of rotatable bonds is 7. The number of amides is 1. The fraction of sp³-hybridized carbons (Fsp3) is 0.542. The highest BCUT2D eigenvalue weighted by Crippen LogP contribution is 2.28. The Hall–Kier alpha value is -2.12. The number of hydrogen-bond acceptors (Lipinski definition) is 6. The van der Waals surface area contributed by atoms with Gasteiger partial charge in [-0.3, -0.25) is 4.79 Å². The molecule has 0 unspecified atom stereocenters. The molecule has 2 aromatic rings. The summed E-state index contributed by atoms with van der Waals surface area (Å²) in [5, 5.41) is 0.777. The Morgan fingerprint density at radius 1 is 1.13 bits per heavy atom. The van der Waals surface area contributed by atoms with Crippen LogP contribution in [0.3, 0.4) is 0 Å². The van der Waals surface area contributed by atoms with E-state index in [2.05, 4.69) is 51.7 Å². The first-order valence-electron chi connectivity index (χ1n) is 11.0. The number of thioether (sulfide) groups is 1. The zero-order valence-electron chi connectivity index (χ0n) is 19.4. The number of carbonyl (C=O) groups excluding carboxylic acids is 1. The van der Waals surface area contributed by atoms with Crippen molar-refractivity contribution in [3.63, 3.8) is 0 Å². The summed E-state index contributed by atoms with van der Waals surface area (Å²) in [5.74, 6) is 1.77. The molecule has 6 nitrogen and oxygen atoms in total. The van der Waals surface area contributed by atoms with Gasteiger partial charge in [0.25, 0.3) is 5.91 Å². The lowest BCUT2D eigenvalue weighted by Crippen LogP contribution is -2.40. The van der Waals surface area contributed by atoms with Crippen molar-refractivity contribution in [1.29, 1.82) is 0 Å². The highest BCUT2D eigenvalue weighted by Gasteiger charge is 2.21. The Bertz CT molecular complexity index is 887. The van der Waals surface area contributed by atoms with Crippen LogP contribution in [0.5, 0.6) is 0 Å². The van der Waals surface area contributed by atoms with E-state index in [-0.39, 0.29) is 11.3 Å². The lowest BCUT2D eigenvalue weighted by atomic mass is 9.92. The lowest BCUT2D eigenvalue weighted by Gasteiger charge is -2.27.